The van der Waals surface area contributed by atoms with Gasteiger partial charge in [0.1, 0.15) is 0 Å². The lowest BCUT2D eigenvalue weighted by Gasteiger charge is -2.14. The molecular weight excluding hydrogens is 439 g/mol. The van der Waals surface area contributed by atoms with Crippen molar-refractivity contribution in [1.29, 1.82) is 0 Å². The minimum absolute atomic E-state index is 0.274. The Kier molecular flexibility index (Phi) is 6.04. The molecule has 0 aliphatic carbocycles. The predicted octanol–water partition coefficient (Wildman–Crippen LogP) is 4.90. The van der Waals surface area contributed by atoms with E-state index in [1.165, 1.54) is 6.07 Å². The number of alkyl halides is 3. The normalized spacial score (nSPS) is 12.5. The highest BCUT2D eigenvalue weighted by Gasteiger charge is 2.31. The van der Waals surface area contributed by atoms with Gasteiger partial charge in [0.2, 0.25) is 0 Å². The van der Waals surface area contributed by atoms with E-state index in [1.54, 1.807) is 55.0 Å². The Balaban J connectivity index is 1.67. The molecule has 1 atom stereocenters. The van der Waals surface area contributed by atoms with Gasteiger partial charge in [0.05, 0.1) is 5.56 Å². The van der Waals surface area contributed by atoms with Crippen LogP contribution in [0.3, 0.4) is 0 Å². The van der Waals surface area contributed by atoms with Gasteiger partial charge in [0, 0.05) is 57.7 Å². The van der Waals surface area contributed by atoms with Crippen molar-refractivity contribution in [2.24, 2.45) is 0 Å². The molecule has 1 unspecified atom stereocenters. The number of aromatic amines is 1. The molecule has 164 valence electrons. The highest BCUT2D eigenvalue weighted by Crippen LogP contribution is 2.35. The van der Waals surface area contributed by atoms with Crippen molar-refractivity contribution in [1.82, 2.24) is 20.2 Å². The first-order valence-electron chi connectivity index (χ1n) is 9.52. The van der Waals surface area contributed by atoms with Crippen LogP contribution >= 0.6 is 0 Å². The van der Waals surface area contributed by atoms with E-state index in [4.69, 9.17) is 0 Å². The smallest absolute Gasteiger partial charge is 0.380 e. The fraction of sp³-hybridized carbons (Fsp3) is 0.136. The maximum Gasteiger partial charge on any atom is 0.416 e. The second kappa shape index (κ2) is 8.91. The number of nitrogens with zero attached hydrogens (tertiary/aromatic N) is 3. The summed E-state index contributed by atoms with van der Waals surface area (Å²) in [5.41, 5.74) is 1.53. The van der Waals surface area contributed by atoms with Crippen molar-refractivity contribution in [2.75, 3.05) is 11.6 Å². The fourth-order valence-electron chi connectivity index (χ4n) is 3.08. The largest absolute Gasteiger partial charge is 0.416 e. The minimum atomic E-state index is -4.47. The molecule has 2 heterocycles. The molecule has 6 nitrogen and oxygen atoms in total. The van der Waals surface area contributed by atoms with Crippen molar-refractivity contribution in [3.8, 4) is 22.8 Å². The summed E-state index contributed by atoms with van der Waals surface area (Å²) in [4.78, 5) is 9.08. The summed E-state index contributed by atoms with van der Waals surface area (Å²) in [6.45, 7) is 0.313. The summed E-state index contributed by atoms with van der Waals surface area (Å²) >= 11 is 0. The number of aromatic nitrogens is 4. The molecule has 0 amide bonds. The van der Waals surface area contributed by atoms with Gasteiger partial charge in [-0.05, 0) is 60.2 Å². The molecule has 4 aromatic rings. The van der Waals surface area contributed by atoms with Gasteiger partial charge in [0.25, 0.3) is 0 Å². The molecule has 32 heavy (non-hydrogen) atoms. The van der Waals surface area contributed by atoms with E-state index >= 15 is 0 Å². The van der Waals surface area contributed by atoms with Gasteiger partial charge in [-0.1, -0.05) is 0 Å². The van der Waals surface area contributed by atoms with Crippen LogP contribution in [0.1, 0.15) is 11.1 Å². The lowest BCUT2D eigenvalue weighted by molar-refractivity contribution is -0.137. The monoisotopic (exact) mass is 457 g/mol. The number of H-pyrrole nitrogens is 1. The van der Waals surface area contributed by atoms with Crippen LogP contribution in [-0.2, 0) is 23.5 Å². The maximum absolute atomic E-state index is 13.3. The number of halogens is 3. The van der Waals surface area contributed by atoms with Crippen LogP contribution < -0.4 is 5.32 Å². The zero-order valence-corrected chi connectivity index (χ0v) is 17.7. The fourth-order valence-corrected chi connectivity index (χ4v) is 3.60. The number of nitrogens with one attached hydrogen (secondary N) is 2. The molecule has 10 heteroatoms. The Labute approximate surface area is 184 Å². The topological polar surface area (TPSA) is 83.6 Å². The van der Waals surface area contributed by atoms with Gasteiger partial charge in [-0.2, -0.15) is 18.3 Å². The van der Waals surface area contributed by atoms with E-state index in [9.17, 15) is 17.4 Å². The molecule has 2 aromatic heterocycles. The zero-order valence-electron chi connectivity index (χ0n) is 16.8. The van der Waals surface area contributed by atoms with Crippen molar-refractivity contribution in [2.45, 2.75) is 17.6 Å². The van der Waals surface area contributed by atoms with Gasteiger partial charge in [-0.15, -0.1) is 0 Å². The molecule has 0 fully saturated rings. The number of pyridine rings is 1. The predicted molar refractivity (Wildman–Crippen MR) is 116 cm³/mol. The van der Waals surface area contributed by atoms with E-state index in [0.717, 1.165) is 17.7 Å². The Morgan fingerprint density at radius 3 is 2.41 bits per heavy atom. The molecule has 0 saturated carbocycles. The Morgan fingerprint density at radius 1 is 1.03 bits per heavy atom. The SMILES string of the molecule is CS(=O)c1ccc(-c2n[nH]c(-c3ccc(C(F)(F)F)cc3NCc3ccncc3)n2)cc1. The summed E-state index contributed by atoms with van der Waals surface area (Å²) in [5, 5.41) is 10.1. The highest BCUT2D eigenvalue weighted by atomic mass is 32.2. The first-order valence-corrected chi connectivity index (χ1v) is 11.1. The number of anilines is 1. The average molecular weight is 457 g/mol. The molecule has 2 N–H and O–H groups in total. The number of hydrogen-bond acceptors (Lipinski definition) is 5. The molecule has 0 bridgehead atoms. The Bertz CT molecular complexity index is 1240. The Hall–Kier alpha value is -3.53. The average Bonchev–Trinajstić information content (AvgIpc) is 3.28. The molecule has 0 aliphatic rings. The van der Waals surface area contributed by atoms with Gasteiger partial charge in [-0.3, -0.25) is 14.3 Å². The zero-order chi connectivity index (χ0) is 22.7. The van der Waals surface area contributed by atoms with Crippen LogP contribution in [0.25, 0.3) is 22.8 Å². The number of hydrogen-bond donors (Lipinski definition) is 2. The van der Waals surface area contributed by atoms with E-state index in [1.807, 2.05) is 0 Å². The first-order chi connectivity index (χ1) is 15.3. The van der Waals surface area contributed by atoms with Gasteiger partial charge in [-0.25, -0.2) is 4.98 Å². The second-order valence-electron chi connectivity index (χ2n) is 6.95. The standard InChI is InChI=1S/C22H18F3N5OS/c1-32(31)17-5-2-15(3-6-17)20-28-21(30-29-20)18-7-4-16(22(23,24)25)12-19(18)27-13-14-8-10-26-11-9-14/h2-12,27H,13H2,1H3,(H,28,29,30). The van der Waals surface area contributed by atoms with Crippen LogP contribution in [-0.4, -0.2) is 30.6 Å². The van der Waals surface area contributed by atoms with Crippen molar-refractivity contribution in [3.05, 3.63) is 78.1 Å². The third kappa shape index (κ3) is 4.86. The number of benzene rings is 2. The minimum Gasteiger partial charge on any atom is -0.380 e. The van der Waals surface area contributed by atoms with E-state index in [-0.39, 0.29) is 5.69 Å². The van der Waals surface area contributed by atoms with Gasteiger partial charge >= 0.3 is 6.18 Å². The molecule has 0 radical (unpaired) electrons. The molecule has 2 aromatic carbocycles. The van der Waals surface area contributed by atoms with Crippen molar-refractivity contribution < 1.29 is 17.4 Å². The van der Waals surface area contributed by atoms with Crippen LogP contribution in [0.5, 0.6) is 0 Å². The second-order valence-corrected chi connectivity index (χ2v) is 8.33. The van der Waals surface area contributed by atoms with E-state index in [2.05, 4.69) is 25.5 Å². The van der Waals surface area contributed by atoms with Gasteiger partial charge < -0.3 is 5.32 Å². The van der Waals surface area contributed by atoms with E-state index in [0.29, 0.717) is 34.2 Å². The summed E-state index contributed by atoms with van der Waals surface area (Å²) < 4.78 is 51.4. The Morgan fingerprint density at radius 2 is 1.75 bits per heavy atom. The van der Waals surface area contributed by atoms with Crippen molar-refractivity contribution >= 4 is 16.5 Å². The molecule has 0 saturated heterocycles. The molecule has 0 spiro atoms. The van der Waals surface area contributed by atoms with Crippen LogP contribution in [0.4, 0.5) is 18.9 Å². The van der Waals surface area contributed by atoms with Gasteiger partial charge in [0.15, 0.2) is 11.6 Å². The molecule has 4 rings (SSSR count). The summed E-state index contributed by atoms with van der Waals surface area (Å²) in [6.07, 6.45) is 0.350. The molecular formula is C22H18F3N5OS. The summed E-state index contributed by atoms with van der Waals surface area (Å²) in [6, 6.07) is 13.9. The third-order valence-electron chi connectivity index (χ3n) is 4.76. The molecule has 0 aliphatic heterocycles. The summed E-state index contributed by atoms with van der Waals surface area (Å²) in [7, 11) is -1.10. The van der Waals surface area contributed by atoms with Crippen LogP contribution in [0.15, 0.2) is 71.9 Å². The maximum atomic E-state index is 13.3. The van der Waals surface area contributed by atoms with E-state index < -0.39 is 22.5 Å². The first kappa shape index (κ1) is 21.7. The van der Waals surface area contributed by atoms with Crippen LogP contribution in [0.2, 0.25) is 0 Å². The van der Waals surface area contributed by atoms with Crippen molar-refractivity contribution in [3.63, 3.8) is 0 Å². The summed E-state index contributed by atoms with van der Waals surface area (Å²) in [5.74, 6) is 0.711. The lowest BCUT2D eigenvalue weighted by atomic mass is 10.1. The van der Waals surface area contributed by atoms with Crippen LogP contribution in [0, 0.1) is 0 Å². The number of rotatable bonds is 6. The lowest BCUT2D eigenvalue weighted by Crippen LogP contribution is -2.08. The third-order valence-corrected chi connectivity index (χ3v) is 5.70. The highest BCUT2D eigenvalue weighted by molar-refractivity contribution is 7.84. The quantitative estimate of drug-likeness (QED) is 0.430.